The van der Waals surface area contributed by atoms with Crippen molar-refractivity contribution in [1.82, 2.24) is 69.1 Å². The normalized spacial score (nSPS) is 13.1. The molecule has 0 unspecified atom stereocenters. The van der Waals surface area contributed by atoms with E-state index in [4.69, 9.17) is 156 Å². The molecular weight excluding hydrogens is 1900 g/mol. The Hall–Kier alpha value is -13.2. The van der Waals surface area contributed by atoms with Crippen LogP contribution < -0.4 is 78.7 Å². The number of alkyl carbamates (subject to hydrolysis) is 1. The summed E-state index contributed by atoms with van der Waals surface area (Å²) in [4.78, 5) is 103. The van der Waals surface area contributed by atoms with Crippen LogP contribution in [-0.2, 0) is 19.1 Å². The van der Waals surface area contributed by atoms with E-state index in [2.05, 4.69) is 61.0 Å². The molecule has 0 bridgehead atoms. The molecule has 0 saturated heterocycles. The van der Waals surface area contributed by atoms with Crippen molar-refractivity contribution in [2.24, 2.45) is 10.2 Å². The molecule has 5 aromatic carbocycles. The van der Waals surface area contributed by atoms with Crippen molar-refractivity contribution in [2.75, 3.05) is 23.2 Å². The maximum Gasteiger partial charge on any atom is 0.414 e. The van der Waals surface area contributed by atoms with Crippen molar-refractivity contribution in [3.05, 3.63) is 270 Å². The van der Waals surface area contributed by atoms with E-state index < -0.39 is 29.3 Å². The molecule has 0 radical (unpaired) electrons. The molecule has 36 nitrogen and oxygen atoms in total. The third-order valence-electron chi connectivity index (χ3n) is 18.4. The molecular formula is C84H69Cl10N21O15. The number of hydrogen-bond donors (Lipinski definition) is 6. The summed E-state index contributed by atoms with van der Waals surface area (Å²) in [6.45, 7) is 9.66. The number of nitriles is 2. The number of carbonyl (C=O) groups excluding carboxylic acids is 4. The van der Waals surface area contributed by atoms with Crippen LogP contribution in [0.25, 0.3) is 11.4 Å². The van der Waals surface area contributed by atoms with Gasteiger partial charge >= 0.3 is 6.09 Å². The van der Waals surface area contributed by atoms with E-state index in [1.807, 2.05) is 61.8 Å². The van der Waals surface area contributed by atoms with Crippen molar-refractivity contribution in [2.45, 2.75) is 110 Å². The first-order chi connectivity index (χ1) is 62.2. The lowest BCUT2D eigenvalue weighted by Crippen LogP contribution is -2.36. The van der Waals surface area contributed by atoms with E-state index in [9.17, 15) is 43.2 Å². The molecule has 46 heteroatoms. The number of anilines is 3. The summed E-state index contributed by atoms with van der Waals surface area (Å²) in [5.41, 5.74) is 15.3. The smallest absolute Gasteiger partial charge is 0.414 e. The second-order valence-electron chi connectivity index (χ2n) is 28.4. The highest BCUT2D eigenvalue weighted by Gasteiger charge is 2.31. The van der Waals surface area contributed by atoms with E-state index in [-0.39, 0.29) is 137 Å². The molecule has 4 amide bonds. The van der Waals surface area contributed by atoms with Gasteiger partial charge in [0.1, 0.15) is 12.1 Å². The van der Waals surface area contributed by atoms with Crippen LogP contribution in [0.3, 0.4) is 0 Å². The molecule has 130 heavy (non-hydrogen) atoms. The number of rotatable bonds is 24. The Labute approximate surface area is 785 Å². The third kappa shape index (κ3) is 25.2. The van der Waals surface area contributed by atoms with E-state index >= 15 is 0 Å². The molecule has 0 atom stereocenters. The zero-order valence-electron chi connectivity index (χ0n) is 68.3. The van der Waals surface area contributed by atoms with Gasteiger partial charge in [-0.15, -0.1) is 25.5 Å². The Morgan fingerprint density at radius 1 is 0.438 bits per heavy atom. The predicted octanol–water partition coefficient (Wildman–Crippen LogP) is 18.1. The van der Waals surface area contributed by atoms with Crippen LogP contribution in [-0.4, -0.2) is 101 Å². The van der Waals surface area contributed by atoms with Gasteiger partial charge in [0, 0.05) is 101 Å². The minimum absolute atomic E-state index is 0.0545. The highest BCUT2D eigenvalue weighted by Crippen LogP contribution is 2.45. The number of nitrogen functional groups attached to an aromatic ring is 1. The first kappa shape index (κ1) is 95.9. The van der Waals surface area contributed by atoms with Crippen LogP contribution in [0.4, 0.5) is 21.9 Å². The fourth-order valence-corrected chi connectivity index (χ4v) is 14.7. The number of ether oxygens (including phenoxy) is 6. The zero-order chi connectivity index (χ0) is 93.5. The summed E-state index contributed by atoms with van der Waals surface area (Å²) in [5, 5.41) is 54.1. The summed E-state index contributed by atoms with van der Waals surface area (Å²) in [6.07, 6.45) is 6.49. The van der Waals surface area contributed by atoms with E-state index in [0.717, 1.165) is 85.5 Å². The number of imide groups is 2. The first-order valence-electron chi connectivity index (χ1n) is 38.7. The molecule has 4 aliphatic carbocycles. The number of hydrogen-bond acceptors (Lipinski definition) is 27. The first-order valence-corrected chi connectivity index (χ1v) is 42.5. The second kappa shape index (κ2) is 43.2. The Morgan fingerprint density at radius 3 is 1.00 bits per heavy atom. The molecule has 7 heterocycles. The Morgan fingerprint density at radius 2 is 0.723 bits per heavy atom. The molecule has 0 aliphatic heterocycles. The van der Waals surface area contributed by atoms with Gasteiger partial charge in [-0.3, -0.25) is 59.8 Å². The number of nitrogens with two attached hydrogens (primary N) is 1. The van der Waals surface area contributed by atoms with Gasteiger partial charge in [-0.1, -0.05) is 116 Å². The third-order valence-corrected chi connectivity index (χ3v) is 21.2. The molecule has 16 rings (SSSR count). The summed E-state index contributed by atoms with van der Waals surface area (Å²) >= 11 is 62.5. The lowest BCUT2D eigenvalue weighted by Gasteiger charge is -2.14. The SMILES string of the molecule is CCOC(=O)NC(=O)C(C#N)=NNc1cc(Cl)c(Oc2ccc(=O)n(C3CC3)n2)c(Cl)c1.Cc1ccc(C)n1-c1cc(Cl)c(Oc2ccc(=O)[nH]n2)c(Cl)c1.Cc1ccc(C)n1-c1cc(Cl)c(Oc2ccc(=O)n(C3CC3)n2)c(Cl)c1.N#C/C(=N/Nc1cc(Cl)c(Oc2ccc(=O)n(C3CC3)n2)c(Cl)c1)C(=O)NC=O.Nc1cc(Cl)c(Oc2ccc(=O)n(C3CC3)n2)c(Cl)c1. The number of amides is 4. The van der Waals surface area contributed by atoms with Crippen LogP contribution in [0.5, 0.6) is 58.1 Å². The van der Waals surface area contributed by atoms with Gasteiger partial charge in [-0.2, -0.15) is 20.7 Å². The molecule has 4 saturated carbocycles. The van der Waals surface area contributed by atoms with Gasteiger partial charge in [0.05, 0.1) is 92.4 Å². The highest BCUT2D eigenvalue weighted by molar-refractivity contribution is 6.47. The number of halogens is 10. The number of nitrogens with zero attached hydrogens (tertiary/aromatic N) is 15. The minimum atomic E-state index is -1.05. The molecule has 4 fully saturated rings. The second-order valence-corrected chi connectivity index (χ2v) is 32.4. The van der Waals surface area contributed by atoms with Crippen LogP contribution in [0.15, 0.2) is 180 Å². The zero-order valence-corrected chi connectivity index (χ0v) is 75.9. The largest absolute Gasteiger partial charge is 0.450 e. The van der Waals surface area contributed by atoms with E-state index in [0.29, 0.717) is 53.2 Å². The lowest BCUT2D eigenvalue weighted by molar-refractivity contribution is -0.120. The minimum Gasteiger partial charge on any atom is -0.450 e. The quantitative estimate of drug-likeness (QED) is 0.0142. The standard InChI is InChI=1S/C19H16Cl2N6O5.C19H17Cl2N3O2.C17H12Cl2N6O4.C16H13Cl2N3O2.C13H11Cl2N3O2/c1-2-31-19(30)23-18(29)14(9-22)25-24-10-7-12(20)17(13(21)8-10)32-15-5-6-16(28)27(26-15)11-3-4-11;1-11-3-4-12(2)23(11)14-9-15(20)19(16(21)10-14)26-17-7-8-18(25)24(22-17)13-5-6-13;18-11-5-9(22-23-13(7-20)17(28)21-8-26)6-12(19)16(11)29-14-3-4-15(27)25(24-14)10-1-2-10;1-9-3-4-10(2)21(9)11-7-12(17)16(13(18)8-11)23-15-6-5-14(22)19-20-15;14-9-5-7(16)6-10(15)13(9)20-11-3-4-12(19)18(17-11)8-1-2-8/h5-8,11,24H,2-4H2,1H3,(H,23,29,30);3-4,7-10,13H,5-6H2,1-2H3;3-6,8,10,22H,1-2H2,(H,21,26,28);3-8H,1-2H3,(H,19,22);3-6,8H,1-2,16H2/b;;23-13-;;. The van der Waals surface area contributed by atoms with Crippen molar-refractivity contribution >= 4 is 169 Å². The number of benzene rings is 5. The van der Waals surface area contributed by atoms with Crippen LogP contribution in [0.1, 0.15) is 105 Å². The van der Waals surface area contributed by atoms with Gasteiger partial charge in [0.15, 0.2) is 28.7 Å². The topological polar surface area (TPSA) is 465 Å². The van der Waals surface area contributed by atoms with Crippen LogP contribution in [0, 0.1) is 50.4 Å². The number of hydrazone groups is 2. The van der Waals surface area contributed by atoms with Crippen LogP contribution >= 0.6 is 116 Å². The van der Waals surface area contributed by atoms with Gasteiger partial charge in [-0.05, 0) is 171 Å². The van der Waals surface area contributed by atoms with Gasteiger partial charge in [0.2, 0.25) is 47.2 Å². The van der Waals surface area contributed by atoms with Gasteiger partial charge < -0.3 is 43.3 Å². The van der Waals surface area contributed by atoms with Crippen molar-refractivity contribution in [3.8, 4) is 81.7 Å². The summed E-state index contributed by atoms with van der Waals surface area (Å²) in [6, 6.07) is 41.7. The molecule has 7 N–H and O–H groups in total. The van der Waals surface area contributed by atoms with Crippen molar-refractivity contribution in [1.29, 1.82) is 10.5 Å². The Bertz CT molecular complexity index is 6690. The average Bonchev–Trinajstić information content (AvgIpc) is 1.42. The van der Waals surface area contributed by atoms with Crippen molar-refractivity contribution < 1.29 is 47.6 Å². The summed E-state index contributed by atoms with van der Waals surface area (Å²) < 4.78 is 42.5. The highest BCUT2D eigenvalue weighted by atomic mass is 35.5. The molecule has 7 aromatic heterocycles. The number of nitrogens with one attached hydrogen (secondary N) is 5. The lowest BCUT2D eigenvalue weighted by atomic mass is 10.2. The van der Waals surface area contributed by atoms with E-state index in [1.165, 1.54) is 104 Å². The van der Waals surface area contributed by atoms with Crippen molar-refractivity contribution in [3.63, 3.8) is 0 Å². The summed E-state index contributed by atoms with van der Waals surface area (Å²) in [7, 11) is 0. The summed E-state index contributed by atoms with van der Waals surface area (Å²) in [5.74, 6) is 0.130. The number of aromatic amines is 1. The molecule has 12 aromatic rings. The maximum atomic E-state index is 11.9. The average molecular weight is 1970 g/mol. The number of aromatic nitrogens is 12. The van der Waals surface area contributed by atoms with Gasteiger partial charge in [0.25, 0.3) is 39.6 Å². The Kier molecular flexibility index (Phi) is 31.9. The fourth-order valence-electron chi connectivity index (χ4n) is 11.8. The van der Waals surface area contributed by atoms with E-state index in [1.54, 1.807) is 60.8 Å². The van der Waals surface area contributed by atoms with Gasteiger partial charge in [-0.25, -0.2) is 28.6 Å². The molecule has 4 aliphatic rings. The fraction of sp³-hybridized carbons (Fsp3) is 0.214. The molecule has 0 spiro atoms. The maximum absolute atomic E-state index is 11.9. The number of H-pyrrole nitrogens is 1. The number of carbonyl (C=O) groups is 4. The molecule has 670 valence electrons. The van der Waals surface area contributed by atoms with Crippen LogP contribution in [0.2, 0.25) is 50.2 Å². The number of aryl methyl sites for hydroxylation is 4. The predicted molar refractivity (Wildman–Crippen MR) is 489 cm³/mol. The Balaban J connectivity index is 0.000000148. The monoisotopic (exact) mass is 1960 g/mol.